The minimum Gasteiger partial charge on any atom is -0.370 e. The predicted octanol–water partition coefficient (Wildman–Crippen LogP) is 2.72. The standard InChI is InChI=1S/C16H26N4O/c1-3-10-17-14-8-7-9-15(19-14)18-13(2)16(21)20-11-5-4-6-12-20/h7-9,13H,3-6,10-12H2,1-2H3,(H2,17,18,19). The lowest BCUT2D eigenvalue weighted by molar-refractivity contribution is -0.132. The zero-order valence-corrected chi connectivity index (χ0v) is 13.1. The van der Waals surface area contributed by atoms with Crippen LogP contribution in [0.1, 0.15) is 39.5 Å². The second kappa shape index (κ2) is 7.86. The second-order valence-electron chi connectivity index (χ2n) is 5.59. The van der Waals surface area contributed by atoms with Gasteiger partial charge in [0.1, 0.15) is 17.7 Å². The summed E-state index contributed by atoms with van der Waals surface area (Å²) < 4.78 is 0. The van der Waals surface area contributed by atoms with Gasteiger partial charge < -0.3 is 15.5 Å². The second-order valence-corrected chi connectivity index (χ2v) is 5.59. The SMILES string of the molecule is CCCNc1cccc(NC(C)C(=O)N2CCCCC2)n1. The van der Waals surface area contributed by atoms with Crippen molar-refractivity contribution >= 4 is 17.5 Å². The van der Waals surface area contributed by atoms with E-state index in [1.807, 2.05) is 30.0 Å². The minimum absolute atomic E-state index is 0.170. The van der Waals surface area contributed by atoms with E-state index in [1.54, 1.807) is 0 Å². The third kappa shape index (κ3) is 4.62. The Balaban J connectivity index is 1.91. The number of hydrogen-bond donors (Lipinski definition) is 2. The number of nitrogens with zero attached hydrogens (tertiary/aromatic N) is 2. The zero-order valence-electron chi connectivity index (χ0n) is 13.1. The highest BCUT2D eigenvalue weighted by atomic mass is 16.2. The summed E-state index contributed by atoms with van der Waals surface area (Å²) in [6.07, 6.45) is 4.53. The van der Waals surface area contributed by atoms with Crippen LogP contribution in [0.15, 0.2) is 18.2 Å². The number of nitrogens with one attached hydrogen (secondary N) is 2. The van der Waals surface area contributed by atoms with Crippen LogP contribution in [0.3, 0.4) is 0 Å². The number of hydrogen-bond acceptors (Lipinski definition) is 4. The van der Waals surface area contributed by atoms with Crippen LogP contribution in [0.4, 0.5) is 11.6 Å². The Kier molecular flexibility index (Phi) is 5.84. The fourth-order valence-corrected chi connectivity index (χ4v) is 2.54. The summed E-state index contributed by atoms with van der Waals surface area (Å²) in [5.41, 5.74) is 0. The van der Waals surface area contributed by atoms with E-state index in [-0.39, 0.29) is 11.9 Å². The molecule has 116 valence electrons. The number of amides is 1. The van der Waals surface area contributed by atoms with Gasteiger partial charge in [-0.25, -0.2) is 4.98 Å². The first-order chi connectivity index (χ1) is 10.2. The first-order valence-corrected chi connectivity index (χ1v) is 7.97. The average molecular weight is 290 g/mol. The normalized spacial score (nSPS) is 16.4. The van der Waals surface area contributed by atoms with Crippen molar-refractivity contribution in [3.8, 4) is 0 Å². The summed E-state index contributed by atoms with van der Waals surface area (Å²) in [5.74, 6) is 1.76. The van der Waals surface area contributed by atoms with Crippen molar-refractivity contribution in [3.05, 3.63) is 18.2 Å². The van der Waals surface area contributed by atoms with Crippen LogP contribution >= 0.6 is 0 Å². The Morgan fingerprint density at radius 1 is 1.29 bits per heavy atom. The molecule has 1 amide bonds. The predicted molar refractivity (Wildman–Crippen MR) is 86.5 cm³/mol. The van der Waals surface area contributed by atoms with Gasteiger partial charge in [-0.2, -0.15) is 0 Å². The molecule has 0 bridgehead atoms. The summed E-state index contributed by atoms with van der Waals surface area (Å²) in [6, 6.07) is 5.55. The van der Waals surface area contributed by atoms with Gasteiger partial charge in [-0.15, -0.1) is 0 Å². The Morgan fingerprint density at radius 3 is 2.71 bits per heavy atom. The molecule has 0 aliphatic carbocycles. The molecule has 1 aliphatic heterocycles. The minimum atomic E-state index is -0.239. The van der Waals surface area contributed by atoms with E-state index in [2.05, 4.69) is 22.5 Å². The maximum absolute atomic E-state index is 12.4. The molecule has 1 fully saturated rings. The van der Waals surface area contributed by atoms with Crippen molar-refractivity contribution in [1.29, 1.82) is 0 Å². The number of aromatic nitrogens is 1. The van der Waals surface area contributed by atoms with Crippen molar-refractivity contribution < 1.29 is 4.79 Å². The van der Waals surface area contributed by atoms with Crippen LogP contribution in [-0.2, 0) is 4.79 Å². The van der Waals surface area contributed by atoms with Crippen molar-refractivity contribution in [2.24, 2.45) is 0 Å². The third-order valence-corrected chi connectivity index (χ3v) is 3.71. The summed E-state index contributed by atoms with van der Waals surface area (Å²) in [6.45, 7) is 6.70. The quantitative estimate of drug-likeness (QED) is 0.846. The Hall–Kier alpha value is -1.78. The molecule has 1 atom stereocenters. The lowest BCUT2D eigenvalue weighted by atomic mass is 10.1. The largest absolute Gasteiger partial charge is 0.370 e. The molecule has 1 aliphatic rings. The van der Waals surface area contributed by atoms with Gasteiger partial charge in [-0.05, 0) is 44.7 Å². The summed E-state index contributed by atoms with van der Waals surface area (Å²) >= 11 is 0. The van der Waals surface area contributed by atoms with Crippen LogP contribution in [0.2, 0.25) is 0 Å². The number of carbonyl (C=O) groups is 1. The van der Waals surface area contributed by atoms with Crippen molar-refractivity contribution in [3.63, 3.8) is 0 Å². The molecular formula is C16H26N4O. The molecule has 0 aromatic carbocycles. The Morgan fingerprint density at radius 2 is 2.00 bits per heavy atom. The van der Waals surface area contributed by atoms with Crippen LogP contribution < -0.4 is 10.6 Å². The van der Waals surface area contributed by atoms with Gasteiger partial charge in [0.15, 0.2) is 0 Å². The van der Waals surface area contributed by atoms with Crippen molar-refractivity contribution in [1.82, 2.24) is 9.88 Å². The van der Waals surface area contributed by atoms with E-state index in [0.29, 0.717) is 0 Å². The topological polar surface area (TPSA) is 57.3 Å². The summed E-state index contributed by atoms with van der Waals surface area (Å²) in [4.78, 5) is 18.8. The number of anilines is 2. The van der Waals surface area contributed by atoms with E-state index in [0.717, 1.165) is 50.5 Å². The van der Waals surface area contributed by atoms with Gasteiger partial charge in [0.05, 0.1) is 0 Å². The molecule has 5 heteroatoms. The fraction of sp³-hybridized carbons (Fsp3) is 0.625. The summed E-state index contributed by atoms with van der Waals surface area (Å²) in [7, 11) is 0. The average Bonchev–Trinajstić information content (AvgIpc) is 2.53. The van der Waals surface area contributed by atoms with Gasteiger partial charge >= 0.3 is 0 Å². The third-order valence-electron chi connectivity index (χ3n) is 3.71. The van der Waals surface area contributed by atoms with E-state index in [9.17, 15) is 4.79 Å². The Bertz CT molecular complexity index is 457. The molecule has 21 heavy (non-hydrogen) atoms. The number of pyridine rings is 1. The first kappa shape index (κ1) is 15.6. The zero-order chi connectivity index (χ0) is 15.1. The van der Waals surface area contributed by atoms with Crippen LogP contribution in [-0.4, -0.2) is 41.5 Å². The van der Waals surface area contributed by atoms with Crippen molar-refractivity contribution in [2.45, 2.75) is 45.6 Å². The van der Waals surface area contributed by atoms with E-state index in [1.165, 1.54) is 6.42 Å². The van der Waals surface area contributed by atoms with Gasteiger partial charge in [0, 0.05) is 19.6 Å². The monoisotopic (exact) mass is 290 g/mol. The molecule has 0 saturated carbocycles. The molecule has 2 heterocycles. The van der Waals surface area contributed by atoms with E-state index >= 15 is 0 Å². The number of piperidine rings is 1. The van der Waals surface area contributed by atoms with Crippen LogP contribution in [0, 0.1) is 0 Å². The summed E-state index contributed by atoms with van der Waals surface area (Å²) in [5, 5.41) is 6.47. The smallest absolute Gasteiger partial charge is 0.244 e. The van der Waals surface area contributed by atoms with Crippen LogP contribution in [0.5, 0.6) is 0 Å². The molecule has 1 saturated heterocycles. The molecular weight excluding hydrogens is 264 g/mol. The highest BCUT2D eigenvalue weighted by Crippen LogP contribution is 2.14. The van der Waals surface area contributed by atoms with Gasteiger partial charge in [-0.3, -0.25) is 4.79 Å². The fourth-order valence-electron chi connectivity index (χ4n) is 2.54. The van der Waals surface area contributed by atoms with Gasteiger partial charge in [0.25, 0.3) is 0 Å². The number of rotatable bonds is 6. The molecule has 5 nitrogen and oxygen atoms in total. The van der Waals surface area contributed by atoms with E-state index in [4.69, 9.17) is 0 Å². The molecule has 1 aromatic heterocycles. The lowest BCUT2D eigenvalue weighted by Crippen LogP contribution is -2.44. The van der Waals surface area contributed by atoms with Gasteiger partial charge in [-0.1, -0.05) is 13.0 Å². The first-order valence-electron chi connectivity index (χ1n) is 7.97. The lowest BCUT2D eigenvalue weighted by Gasteiger charge is -2.29. The molecule has 1 unspecified atom stereocenters. The highest BCUT2D eigenvalue weighted by Gasteiger charge is 2.22. The van der Waals surface area contributed by atoms with Crippen molar-refractivity contribution in [2.75, 3.05) is 30.3 Å². The maximum atomic E-state index is 12.4. The maximum Gasteiger partial charge on any atom is 0.244 e. The van der Waals surface area contributed by atoms with E-state index < -0.39 is 0 Å². The molecule has 0 spiro atoms. The number of carbonyl (C=O) groups excluding carboxylic acids is 1. The number of likely N-dealkylation sites (tertiary alicyclic amines) is 1. The molecule has 1 aromatic rings. The Labute approximate surface area is 127 Å². The molecule has 0 radical (unpaired) electrons. The van der Waals surface area contributed by atoms with Crippen LogP contribution in [0.25, 0.3) is 0 Å². The highest BCUT2D eigenvalue weighted by molar-refractivity contribution is 5.84. The molecule has 2 rings (SSSR count). The molecule has 2 N–H and O–H groups in total. The van der Waals surface area contributed by atoms with Gasteiger partial charge in [0.2, 0.25) is 5.91 Å².